The van der Waals surface area contributed by atoms with Gasteiger partial charge in [-0.15, -0.1) is 0 Å². The Labute approximate surface area is 168 Å². The first-order valence-electron chi connectivity index (χ1n) is 9.26. The number of benzene rings is 2. The molecule has 2 fully saturated rings. The molecule has 2 aromatic rings. The number of rotatable bonds is 3. The summed E-state index contributed by atoms with van der Waals surface area (Å²) < 4.78 is 11.1. The van der Waals surface area contributed by atoms with Crippen LogP contribution in [-0.4, -0.2) is 42.3 Å². The molecule has 2 heterocycles. The predicted molar refractivity (Wildman–Crippen MR) is 105 cm³/mol. The second kappa shape index (κ2) is 7.72. The summed E-state index contributed by atoms with van der Waals surface area (Å²) in [7, 11) is 0. The fraction of sp³-hybridized carbons (Fsp3) is 0.333. The molecule has 2 saturated heterocycles. The van der Waals surface area contributed by atoms with Crippen molar-refractivity contribution in [3.8, 4) is 0 Å². The van der Waals surface area contributed by atoms with E-state index in [1.165, 1.54) is 0 Å². The number of likely N-dealkylation sites (tertiary alicyclic amines) is 1. The molecule has 7 heteroatoms. The van der Waals surface area contributed by atoms with Crippen LogP contribution < -0.4 is 4.90 Å². The molecule has 2 aliphatic heterocycles. The summed E-state index contributed by atoms with van der Waals surface area (Å²) in [5, 5.41) is 0.619. The quantitative estimate of drug-likeness (QED) is 0.762. The number of ether oxygens (including phenoxy) is 2. The van der Waals surface area contributed by atoms with Gasteiger partial charge in [0.25, 0.3) is 0 Å². The van der Waals surface area contributed by atoms with Crippen LogP contribution in [0.3, 0.4) is 0 Å². The van der Waals surface area contributed by atoms with Crippen LogP contribution in [0.1, 0.15) is 18.4 Å². The molecule has 0 radical (unpaired) electrons. The zero-order valence-corrected chi connectivity index (χ0v) is 16.1. The lowest BCUT2D eigenvalue weighted by atomic mass is 9.91. The first kappa shape index (κ1) is 18.6. The van der Waals surface area contributed by atoms with E-state index in [-0.39, 0.29) is 18.8 Å². The lowest BCUT2D eigenvalue weighted by molar-refractivity contribution is -0.00107. The fourth-order valence-corrected chi connectivity index (χ4v) is 3.74. The van der Waals surface area contributed by atoms with Gasteiger partial charge in [-0.3, -0.25) is 4.90 Å². The van der Waals surface area contributed by atoms with Crippen LogP contribution in [0.5, 0.6) is 0 Å². The first-order chi connectivity index (χ1) is 13.5. The first-order valence-corrected chi connectivity index (χ1v) is 9.64. The van der Waals surface area contributed by atoms with E-state index in [9.17, 15) is 9.59 Å². The van der Waals surface area contributed by atoms with Crippen LogP contribution >= 0.6 is 11.6 Å². The molecular weight excluding hydrogens is 380 g/mol. The zero-order valence-electron chi connectivity index (χ0n) is 15.3. The van der Waals surface area contributed by atoms with Crippen molar-refractivity contribution in [1.29, 1.82) is 0 Å². The summed E-state index contributed by atoms with van der Waals surface area (Å²) in [6.45, 7) is 1.71. The number of amides is 2. The molecule has 0 aromatic heterocycles. The van der Waals surface area contributed by atoms with Crippen molar-refractivity contribution in [2.75, 3.05) is 24.5 Å². The SMILES string of the molecule is O=C(OCc1ccccc1)N1CCC2(CC1)CN(c1ccc(Cl)cc1)C(=O)O2. The predicted octanol–water partition coefficient (Wildman–Crippen LogP) is 4.47. The van der Waals surface area contributed by atoms with Crippen LogP contribution in [0.25, 0.3) is 0 Å². The highest BCUT2D eigenvalue weighted by atomic mass is 35.5. The van der Waals surface area contributed by atoms with Crippen molar-refractivity contribution in [2.24, 2.45) is 0 Å². The lowest BCUT2D eigenvalue weighted by Crippen LogP contribution is -2.48. The van der Waals surface area contributed by atoms with Gasteiger partial charge < -0.3 is 14.4 Å². The maximum Gasteiger partial charge on any atom is 0.415 e. The number of nitrogens with zero attached hydrogens (tertiary/aromatic N) is 2. The second-order valence-corrected chi connectivity index (χ2v) is 7.58. The summed E-state index contributed by atoms with van der Waals surface area (Å²) in [5.74, 6) is 0. The summed E-state index contributed by atoms with van der Waals surface area (Å²) in [5.41, 5.74) is 1.15. The van der Waals surface area contributed by atoms with Crippen molar-refractivity contribution in [3.63, 3.8) is 0 Å². The molecule has 0 aliphatic carbocycles. The van der Waals surface area contributed by atoms with Crippen molar-refractivity contribution >= 4 is 29.5 Å². The monoisotopic (exact) mass is 400 g/mol. The maximum atomic E-state index is 12.4. The third-order valence-electron chi connectivity index (χ3n) is 5.25. The van der Waals surface area contributed by atoms with Crippen molar-refractivity contribution in [2.45, 2.75) is 25.0 Å². The molecule has 2 amide bonds. The Morgan fingerprint density at radius 3 is 2.43 bits per heavy atom. The molecule has 0 bridgehead atoms. The highest BCUT2D eigenvalue weighted by Crippen LogP contribution is 2.36. The van der Waals surface area contributed by atoms with Gasteiger partial charge in [-0.1, -0.05) is 41.9 Å². The standard InChI is InChI=1S/C21H21ClN2O4/c22-17-6-8-18(9-7-17)24-15-21(28-20(24)26)10-12-23(13-11-21)19(25)27-14-16-4-2-1-3-5-16/h1-9H,10-15H2. The Morgan fingerprint density at radius 1 is 1.07 bits per heavy atom. The molecule has 2 aliphatic rings. The topological polar surface area (TPSA) is 59.1 Å². The number of carbonyl (C=O) groups is 2. The van der Waals surface area contributed by atoms with Gasteiger partial charge >= 0.3 is 12.2 Å². The molecule has 2 aromatic carbocycles. The summed E-state index contributed by atoms with van der Waals surface area (Å²) in [6, 6.07) is 16.7. The van der Waals surface area contributed by atoms with Crippen LogP contribution in [0.2, 0.25) is 5.02 Å². The van der Waals surface area contributed by atoms with E-state index in [4.69, 9.17) is 21.1 Å². The minimum Gasteiger partial charge on any atom is -0.445 e. The van der Waals surface area contributed by atoms with Crippen LogP contribution in [-0.2, 0) is 16.1 Å². The third-order valence-corrected chi connectivity index (χ3v) is 5.50. The Kier molecular flexibility index (Phi) is 5.13. The molecule has 28 heavy (non-hydrogen) atoms. The van der Waals surface area contributed by atoms with Crippen molar-refractivity contribution in [3.05, 3.63) is 65.2 Å². The van der Waals surface area contributed by atoms with Crippen LogP contribution in [0.4, 0.5) is 15.3 Å². The average Bonchev–Trinajstić information content (AvgIpc) is 3.04. The van der Waals surface area contributed by atoms with Crippen LogP contribution in [0.15, 0.2) is 54.6 Å². The molecule has 0 N–H and O–H groups in total. The molecule has 146 valence electrons. The molecule has 0 unspecified atom stereocenters. The van der Waals surface area contributed by atoms with Gasteiger partial charge in [0.05, 0.1) is 6.54 Å². The van der Waals surface area contributed by atoms with E-state index in [0.29, 0.717) is 37.5 Å². The van der Waals surface area contributed by atoms with Gasteiger partial charge in [-0.05, 0) is 29.8 Å². The average molecular weight is 401 g/mol. The molecular formula is C21H21ClN2O4. The van der Waals surface area contributed by atoms with E-state index in [1.807, 2.05) is 30.3 Å². The summed E-state index contributed by atoms with van der Waals surface area (Å²) in [6.07, 6.45) is 0.479. The van der Waals surface area contributed by atoms with E-state index < -0.39 is 5.60 Å². The summed E-state index contributed by atoms with van der Waals surface area (Å²) in [4.78, 5) is 28.0. The van der Waals surface area contributed by atoms with Gasteiger partial charge in [-0.25, -0.2) is 9.59 Å². The maximum absolute atomic E-state index is 12.4. The Morgan fingerprint density at radius 2 is 1.75 bits per heavy atom. The Bertz CT molecular complexity index is 848. The molecule has 0 atom stereocenters. The van der Waals surface area contributed by atoms with Gasteiger partial charge in [-0.2, -0.15) is 0 Å². The van der Waals surface area contributed by atoms with E-state index in [1.54, 1.807) is 34.1 Å². The number of piperidine rings is 1. The smallest absolute Gasteiger partial charge is 0.415 e. The van der Waals surface area contributed by atoms with Gasteiger partial charge in [0, 0.05) is 36.6 Å². The van der Waals surface area contributed by atoms with E-state index in [0.717, 1.165) is 11.3 Å². The van der Waals surface area contributed by atoms with Gasteiger partial charge in [0.1, 0.15) is 12.2 Å². The van der Waals surface area contributed by atoms with Crippen LogP contribution in [0, 0.1) is 0 Å². The minimum atomic E-state index is -0.563. The highest BCUT2D eigenvalue weighted by molar-refractivity contribution is 6.30. The number of hydrogen-bond acceptors (Lipinski definition) is 4. The summed E-state index contributed by atoms with van der Waals surface area (Å²) >= 11 is 5.92. The largest absolute Gasteiger partial charge is 0.445 e. The molecule has 4 rings (SSSR count). The van der Waals surface area contributed by atoms with Gasteiger partial charge in [0.15, 0.2) is 0 Å². The lowest BCUT2D eigenvalue weighted by Gasteiger charge is -2.36. The normalized spacial score (nSPS) is 18.2. The number of anilines is 1. The van der Waals surface area contributed by atoms with Crippen molar-refractivity contribution in [1.82, 2.24) is 4.90 Å². The fourth-order valence-electron chi connectivity index (χ4n) is 3.61. The second-order valence-electron chi connectivity index (χ2n) is 7.14. The van der Waals surface area contributed by atoms with E-state index >= 15 is 0 Å². The molecule has 6 nitrogen and oxygen atoms in total. The van der Waals surface area contributed by atoms with E-state index in [2.05, 4.69) is 0 Å². The highest BCUT2D eigenvalue weighted by Gasteiger charge is 2.48. The molecule has 1 spiro atoms. The number of hydrogen-bond donors (Lipinski definition) is 0. The Balaban J connectivity index is 1.32. The van der Waals surface area contributed by atoms with Gasteiger partial charge in [0.2, 0.25) is 0 Å². The Hall–Kier alpha value is -2.73. The van der Waals surface area contributed by atoms with Crippen molar-refractivity contribution < 1.29 is 19.1 Å². The third kappa shape index (κ3) is 3.92. The minimum absolute atomic E-state index is 0.251. The molecule has 0 saturated carbocycles. The number of halogens is 1. The number of carbonyl (C=O) groups excluding carboxylic acids is 2. The zero-order chi connectivity index (χ0) is 19.6.